The Labute approximate surface area is 204 Å². The van der Waals surface area contributed by atoms with E-state index in [1.807, 2.05) is 36.4 Å². The fourth-order valence-corrected chi connectivity index (χ4v) is 4.89. The number of aromatic nitrogens is 2. The summed E-state index contributed by atoms with van der Waals surface area (Å²) in [5.74, 6) is 2.09. The second-order valence-corrected chi connectivity index (χ2v) is 9.19. The van der Waals surface area contributed by atoms with E-state index < -0.39 is 6.10 Å². The van der Waals surface area contributed by atoms with E-state index in [1.54, 1.807) is 13.3 Å². The van der Waals surface area contributed by atoms with Gasteiger partial charge >= 0.3 is 0 Å². The van der Waals surface area contributed by atoms with Gasteiger partial charge in [0.15, 0.2) is 18.2 Å². The normalized spacial score (nSPS) is 19.0. The summed E-state index contributed by atoms with van der Waals surface area (Å²) >= 11 is 0. The Kier molecular flexibility index (Phi) is 7.08. The SMILES string of the molecule is COc1cnc2cccc(C(O)CN3CCCC(CNCc4ccc5c(n4)NC(=O)CO5)C3)c2c1. The third kappa shape index (κ3) is 5.53. The first-order valence-corrected chi connectivity index (χ1v) is 12.1. The van der Waals surface area contributed by atoms with Gasteiger partial charge in [-0.1, -0.05) is 12.1 Å². The van der Waals surface area contributed by atoms with Crippen LogP contribution < -0.4 is 20.1 Å². The molecule has 0 spiro atoms. The van der Waals surface area contributed by atoms with Crippen LogP contribution in [0.4, 0.5) is 5.82 Å². The first-order valence-electron chi connectivity index (χ1n) is 12.1. The lowest BCUT2D eigenvalue weighted by Crippen LogP contribution is -2.41. The van der Waals surface area contributed by atoms with E-state index in [4.69, 9.17) is 9.47 Å². The third-order valence-corrected chi connectivity index (χ3v) is 6.63. The van der Waals surface area contributed by atoms with Gasteiger partial charge in [0.1, 0.15) is 5.75 Å². The Hall–Kier alpha value is -3.27. The van der Waals surface area contributed by atoms with Crippen LogP contribution in [0.15, 0.2) is 42.6 Å². The number of piperidine rings is 1. The minimum atomic E-state index is -0.601. The Morgan fingerprint density at radius 3 is 3.14 bits per heavy atom. The van der Waals surface area contributed by atoms with Gasteiger partial charge in [-0.05, 0) is 61.7 Å². The van der Waals surface area contributed by atoms with Gasteiger partial charge in [0, 0.05) is 25.0 Å². The fraction of sp³-hybridized carbons (Fsp3) is 0.423. The molecule has 0 aliphatic carbocycles. The molecule has 1 amide bonds. The predicted octanol–water partition coefficient (Wildman–Crippen LogP) is 2.50. The molecule has 9 nitrogen and oxygen atoms in total. The third-order valence-electron chi connectivity index (χ3n) is 6.63. The molecule has 1 saturated heterocycles. The molecule has 3 aromatic rings. The number of fused-ring (bicyclic) bond motifs is 2. The number of anilines is 1. The number of methoxy groups -OCH3 is 1. The van der Waals surface area contributed by atoms with Gasteiger partial charge in [-0.15, -0.1) is 0 Å². The average Bonchev–Trinajstić information content (AvgIpc) is 2.88. The van der Waals surface area contributed by atoms with E-state index in [1.165, 1.54) is 0 Å². The number of hydrogen-bond acceptors (Lipinski definition) is 8. The predicted molar refractivity (Wildman–Crippen MR) is 132 cm³/mol. The minimum absolute atomic E-state index is 0.0325. The van der Waals surface area contributed by atoms with Crippen molar-refractivity contribution in [2.45, 2.75) is 25.5 Å². The zero-order chi connectivity index (χ0) is 24.2. The number of β-amino-alcohol motifs (C(OH)–C–C–N with tert-alkyl or cyclic N) is 1. The number of likely N-dealkylation sites (tertiary alicyclic amines) is 1. The van der Waals surface area contributed by atoms with Gasteiger partial charge in [0.25, 0.3) is 5.91 Å². The summed E-state index contributed by atoms with van der Waals surface area (Å²) in [7, 11) is 1.62. The van der Waals surface area contributed by atoms with Crippen LogP contribution in [0.1, 0.15) is 30.2 Å². The summed E-state index contributed by atoms with van der Waals surface area (Å²) in [6.45, 7) is 4.00. The van der Waals surface area contributed by atoms with Crippen LogP contribution in [0.5, 0.6) is 11.5 Å². The maximum atomic E-state index is 11.5. The molecule has 2 unspecified atom stereocenters. The van der Waals surface area contributed by atoms with Crippen molar-refractivity contribution in [2.24, 2.45) is 5.92 Å². The Morgan fingerprint density at radius 1 is 1.34 bits per heavy atom. The number of rotatable bonds is 8. The number of pyridine rings is 2. The van der Waals surface area contributed by atoms with Crippen LogP contribution in [0.2, 0.25) is 0 Å². The molecule has 4 heterocycles. The number of carbonyl (C=O) groups excluding carboxylic acids is 1. The van der Waals surface area contributed by atoms with E-state index in [9.17, 15) is 9.90 Å². The summed E-state index contributed by atoms with van der Waals surface area (Å²) in [6, 6.07) is 11.6. The highest BCUT2D eigenvalue weighted by atomic mass is 16.5. The van der Waals surface area contributed by atoms with Crippen LogP contribution in [0, 0.1) is 5.92 Å². The Morgan fingerprint density at radius 2 is 2.26 bits per heavy atom. The lowest BCUT2D eigenvalue weighted by molar-refractivity contribution is -0.118. The smallest absolute Gasteiger partial charge is 0.263 e. The quantitative estimate of drug-likeness (QED) is 0.454. The zero-order valence-corrected chi connectivity index (χ0v) is 19.9. The first kappa shape index (κ1) is 23.5. The molecule has 2 atom stereocenters. The van der Waals surface area contributed by atoms with E-state index in [2.05, 4.69) is 25.5 Å². The van der Waals surface area contributed by atoms with Gasteiger partial charge in [-0.2, -0.15) is 0 Å². The van der Waals surface area contributed by atoms with Crippen molar-refractivity contribution in [3.05, 3.63) is 53.9 Å². The molecule has 1 fully saturated rings. The molecule has 3 N–H and O–H groups in total. The van der Waals surface area contributed by atoms with Crippen molar-refractivity contribution in [1.29, 1.82) is 0 Å². The lowest BCUT2D eigenvalue weighted by atomic mass is 9.96. The second-order valence-electron chi connectivity index (χ2n) is 9.19. The maximum Gasteiger partial charge on any atom is 0.263 e. The van der Waals surface area contributed by atoms with Gasteiger partial charge in [-0.25, -0.2) is 4.98 Å². The summed E-state index contributed by atoms with van der Waals surface area (Å²) in [4.78, 5) is 22.8. The number of hydrogen-bond donors (Lipinski definition) is 3. The number of aliphatic hydroxyl groups excluding tert-OH is 1. The van der Waals surface area contributed by atoms with Crippen molar-refractivity contribution in [3.63, 3.8) is 0 Å². The first-order chi connectivity index (χ1) is 17.1. The summed E-state index contributed by atoms with van der Waals surface area (Å²) in [6.07, 6.45) is 3.35. The van der Waals surface area contributed by atoms with Crippen LogP contribution in [0.25, 0.3) is 10.9 Å². The number of amides is 1. The highest BCUT2D eigenvalue weighted by Gasteiger charge is 2.23. The van der Waals surface area contributed by atoms with Gasteiger partial charge in [0.05, 0.1) is 30.6 Å². The Balaban J connectivity index is 1.15. The standard InChI is InChI=1S/C26H31N5O4/c1-34-19-10-21-20(5-2-6-22(21)28-13-19)23(32)15-31-9-3-4-17(14-31)11-27-12-18-7-8-24-26(29-18)30-25(33)16-35-24/h2,5-8,10,13,17,23,27,32H,3-4,9,11-12,14-16H2,1H3,(H,29,30,33). The van der Waals surface area contributed by atoms with E-state index >= 15 is 0 Å². The van der Waals surface area contributed by atoms with Crippen molar-refractivity contribution in [2.75, 3.05) is 45.2 Å². The van der Waals surface area contributed by atoms with Gasteiger partial charge < -0.3 is 30.1 Å². The van der Waals surface area contributed by atoms with Crippen LogP contribution in [-0.4, -0.2) is 65.8 Å². The Bertz CT molecular complexity index is 1200. The van der Waals surface area contributed by atoms with Crippen molar-refractivity contribution in [3.8, 4) is 11.5 Å². The average molecular weight is 478 g/mol. The molecule has 184 valence electrons. The fourth-order valence-electron chi connectivity index (χ4n) is 4.89. The van der Waals surface area contributed by atoms with E-state index in [-0.39, 0.29) is 12.5 Å². The number of carbonyl (C=O) groups is 1. The molecular formula is C26H31N5O4. The maximum absolute atomic E-state index is 11.5. The minimum Gasteiger partial charge on any atom is -0.495 e. The molecule has 5 rings (SSSR count). The molecular weight excluding hydrogens is 446 g/mol. The number of nitrogens with one attached hydrogen (secondary N) is 2. The lowest BCUT2D eigenvalue weighted by Gasteiger charge is -2.34. The summed E-state index contributed by atoms with van der Waals surface area (Å²) < 4.78 is 10.7. The summed E-state index contributed by atoms with van der Waals surface area (Å²) in [5.41, 5.74) is 2.59. The van der Waals surface area contributed by atoms with Gasteiger partial charge in [0.2, 0.25) is 0 Å². The van der Waals surface area contributed by atoms with Crippen LogP contribution >= 0.6 is 0 Å². The molecule has 2 aromatic heterocycles. The monoisotopic (exact) mass is 477 g/mol. The molecule has 0 saturated carbocycles. The van der Waals surface area contributed by atoms with Crippen LogP contribution in [0.3, 0.4) is 0 Å². The van der Waals surface area contributed by atoms with Crippen molar-refractivity contribution < 1.29 is 19.4 Å². The van der Waals surface area contributed by atoms with E-state index in [0.717, 1.165) is 54.6 Å². The molecule has 0 radical (unpaired) electrons. The highest BCUT2D eigenvalue weighted by molar-refractivity contribution is 5.94. The summed E-state index contributed by atoms with van der Waals surface area (Å²) in [5, 5.41) is 18.3. The number of nitrogens with zero attached hydrogens (tertiary/aromatic N) is 3. The molecule has 35 heavy (non-hydrogen) atoms. The van der Waals surface area contributed by atoms with Crippen LogP contribution in [-0.2, 0) is 11.3 Å². The largest absolute Gasteiger partial charge is 0.495 e. The molecule has 1 aromatic carbocycles. The zero-order valence-electron chi connectivity index (χ0n) is 19.9. The second kappa shape index (κ2) is 10.6. The molecule has 2 aliphatic heterocycles. The van der Waals surface area contributed by atoms with Crippen molar-refractivity contribution >= 4 is 22.6 Å². The molecule has 9 heteroatoms. The van der Waals surface area contributed by atoms with Crippen molar-refractivity contribution in [1.82, 2.24) is 20.2 Å². The topological polar surface area (TPSA) is 109 Å². The number of ether oxygens (including phenoxy) is 2. The molecule has 2 aliphatic rings. The number of aliphatic hydroxyl groups is 1. The van der Waals surface area contributed by atoms with Gasteiger partial charge in [-0.3, -0.25) is 9.78 Å². The highest BCUT2D eigenvalue weighted by Crippen LogP contribution is 2.28. The van der Waals surface area contributed by atoms with E-state index in [0.29, 0.717) is 36.3 Å². The molecule has 0 bridgehead atoms. The number of benzene rings is 1.